The second-order valence-electron chi connectivity index (χ2n) is 5.62. The third kappa shape index (κ3) is 4.03. The minimum absolute atomic E-state index is 0.0565. The highest BCUT2D eigenvalue weighted by Crippen LogP contribution is 2.34. The molecule has 0 saturated carbocycles. The van der Waals surface area contributed by atoms with Crippen LogP contribution in [-0.2, 0) is 4.79 Å². The molecular weight excluding hydrogens is 342 g/mol. The normalized spacial score (nSPS) is 13.7. The van der Waals surface area contributed by atoms with Gasteiger partial charge in [0, 0.05) is 29.4 Å². The maximum atomic E-state index is 12.2. The molecule has 0 atom stereocenters. The summed E-state index contributed by atoms with van der Waals surface area (Å²) in [5, 5.41) is 6.08. The van der Waals surface area contributed by atoms with Crippen LogP contribution in [-0.4, -0.2) is 25.6 Å². The second kappa shape index (κ2) is 7.44. The number of urea groups is 1. The van der Waals surface area contributed by atoms with Crippen molar-refractivity contribution in [2.45, 2.75) is 12.8 Å². The number of carbonyl (C=O) groups is 2. The van der Waals surface area contributed by atoms with Crippen molar-refractivity contribution in [3.8, 4) is 5.75 Å². The smallest absolute Gasteiger partial charge is 0.323 e. The van der Waals surface area contributed by atoms with E-state index in [-0.39, 0.29) is 11.9 Å². The Morgan fingerprint density at radius 2 is 1.80 bits per heavy atom. The summed E-state index contributed by atoms with van der Waals surface area (Å²) in [6, 6.07) is 11.6. The fraction of sp³-hybridized carbons (Fsp3) is 0.222. The van der Waals surface area contributed by atoms with Gasteiger partial charge in [-0.2, -0.15) is 0 Å². The number of benzene rings is 2. The average Bonchev–Trinajstić information content (AvgIpc) is 3.02. The fourth-order valence-electron chi connectivity index (χ4n) is 2.71. The number of anilines is 3. The topological polar surface area (TPSA) is 70.7 Å². The van der Waals surface area contributed by atoms with Crippen molar-refractivity contribution in [2.24, 2.45) is 0 Å². The molecule has 2 aromatic carbocycles. The Morgan fingerprint density at radius 1 is 1.12 bits per heavy atom. The van der Waals surface area contributed by atoms with Gasteiger partial charge in [0.15, 0.2) is 0 Å². The van der Waals surface area contributed by atoms with Crippen molar-refractivity contribution >= 4 is 40.6 Å². The largest absolute Gasteiger partial charge is 0.495 e. The molecule has 6 nitrogen and oxygen atoms in total. The number of rotatable bonds is 4. The molecule has 0 radical (unpaired) electrons. The van der Waals surface area contributed by atoms with Crippen LogP contribution in [0.15, 0.2) is 42.5 Å². The molecule has 0 spiro atoms. The standard InChI is InChI=1S/C18H18ClN3O3/c1-25-16-9-8-14(11-15(16)22-10-2-3-17(22)23)21-18(24)20-13-6-4-12(19)5-7-13/h4-9,11H,2-3,10H2,1H3,(H2,20,21,24). The summed E-state index contributed by atoms with van der Waals surface area (Å²) in [6.45, 7) is 0.648. The number of amides is 3. The van der Waals surface area contributed by atoms with E-state index in [1.807, 2.05) is 0 Å². The fourth-order valence-corrected chi connectivity index (χ4v) is 2.83. The van der Waals surface area contributed by atoms with E-state index in [1.165, 1.54) is 0 Å². The minimum Gasteiger partial charge on any atom is -0.495 e. The molecule has 1 fully saturated rings. The number of hydrogen-bond acceptors (Lipinski definition) is 3. The molecule has 2 aromatic rings. The van der Waals surface area contributed by atoms with Crippen molar-refractivity contribution in [1.29, 1.82) is 0 Å². The number of hydrogen-bond donors (Lipinski definition) is 2. The van der Waals surface area contributed by atoms with E-state index < -0.39 is 0 Å². The highest BCUT2D eigenvalue weighted by atomic mass is 35.5. The summed E-state index contributed by atoms with van der Waals surface area (Å²) < 4.78 is 5.34. The zero-order valence-electron chi connectivity index (χ0n) is 13.7. The lowest BCUT2D eigenvalue weighted by Crippen LogP contribution is -2.25. The molecule has 1 aliphatic rings. The molecule has 25 heavy (non-hydrogen) atoms. The first kappa shape index (κ1) is 17.1. The van der Waals surface area contributed by atoms with Crippen LogP contribution in [0.4, 0.5) is 21.9 Å². The van der Waals surface area contributed by atoms with Gasteiger partial charge in [0.1, 0.15) is 5.75 Å². The van der Waals surface area contributed by atoms with Crippen LogP contribution < -0.4 is 20.3 Å². The quantitative estimate of drug-likeness (QED) is 0.862. The zero-order chi connectivity index (χ0) is 17.8. The Labute approximate surface area is 150 Å². The summed E-state index contributed by atoms with van der Waals surface area (Å²) in [5.74, 6) is 0.653. The maximum Gasteiger partial charge on any atom is 0.323 e. The number of ether oxygens (including phenoxy) is 1. The van der Waals surface area contributed by atoms with E-state index in [4.69, 9.17) is 16.3 Å². The third-order valence-electron chi connectivity index (χ3n) is 3.90. The predicted molar refractivity (Wildman–Crippen MR) is 98.7 cm³/mol. The van der Waals surface area contributed by atoms with Crippen LogP contribution in [0.25, 0.3) is 0 Å². The van der Waals surface area contributed by atoms with Crippen molar-refractivity contribution in [3.63, 3.8) is 0 Å². The van der Waals surface area contributed by atoms with E-state index in [0.717, 1.165) is 6.42 Å². The van der Waals surface area contributed by atoms with Gasteiger partial charge in [-0.1, -0.05) is 11.6 Å². The van der Waals surface area contributed by atoms with Gasteiger partial charge < -0.3 is 20.3 Å². The molecule has 1 heterocycles. The van der Waals surface area contributed by atoms with Gasteiger partial charge in [-0.3, -0.25) is 4.79 Å². The Morgan fingerprint density at radius 3 is 2.44 bits per heavy atom. The van der Waals surface area contributed by atoms with Crippen molar-refractivity contribution < 1.29 is 14.3 Å². The van der Waals surface area contributed by atoms with Crippen LogP contribution in [0.5, 0.6) is 5.75 Å². The molecule has 7 heteroatoms. The highest BCUT2D eigenvalue weighted by molar-refractivity contribution is 6.30. The number of nitrogens with zero attached hydrogens (tertiary/aromatic N) is 1. The molecule has 3 amide bonds. The van der Waals surface area contributed by atoms with Gasteiger partial charge >= 0.3 is 6.03 Å². The summed E-state index contributed by atoms with van der Waals surface area (Å²) >= 11 is 5.83. The van der Waals surface area contributed by atoms with Crippen molar-refractivity contribution in [2.75, 3.05) is 29.2 Å². The van der Waals surface area contributed by atoms with E-state index in [9.17, 15) is 9.59 Å². The van der Waals surface area contributed by atoms with E-state index in [0.29, 0.717) is 40.8 Å². The predicted octanol–water partition coefficient (Wildman–Crippen LogP) is 4.12. The molecule has 1 saturated heterocycles. The summed E-state index contributed by atoms with van der Waals surface area (Å²) in [4.78, 5) is 25.8. The number of halogens is 1. The first-order chi connectivity index (χ1) is 12.1. The van der Waals surface area contributed by atoms with Gasteiger partial charge in [-0.05, 0) is 48.9 Å². The molecule has 0 unspecified atom stereocenters. The average molecular weight is 360 g/mol. The van der Waals surface area contributed by atoms with Crippen molar-refractivity contribution in [1.82, 2.24) is 0 Å². The Hall–Kier alpha value is -2.73. The molecule has 0 aromatic heterocycles. The Kier molecular flexibility index (Phi) is 5.09. The van der Waals surface area contributed by atoms with E-state index in [1.54, 1.807) is 54.5 Å². The Balaban J connectivity index is 1.74. The summed E-state index contributed by atoms with van der Waals surface area (Å²) in [5.41, 5.74) is 1.86. The van der Waals surface area contributed by atoms with Crippen molar-refractivity contribution in [3.05, 3.63) is 47.5 Å². The van der Waals surface area contributed by atoms with E-state index >= 15 is 0 Å². The number of methoxy groups -OCH3 is 1. The molecular formula is C18H18ClN3O3. The molecule has 2 N–H and O–H groups in total. The molecule has 130 valence electrons. The summed E-state index contributed by atoms with van der Waals surface area (Å²) in [7, 11) is 1.56. The number of nitrogens with one attached hydrogen (secondary N) is 2. The van der Waals surface area contributed by atoms with Gasteiger partial charge in [0.05, 0.1) is 12.8 Å². The van der Waals surface area contributed by atoms with Crippen LogP contribution in [0, 0.1) is 0 Å². The van der Waals surface area contributed by atoms with Gasteiger partial charge in [0.2, 0.25) is 5.91 Å². The summed E-state index contributed by atoms with van der Waals surface area (Å²) in [6.07, 6.45) is 1.34. The lowest BCUT2D eigenvalue weighted by Gasteiger charge is -2.20. The van der Waals surface area contributed by atoms with Crippen LogP contribution >= 0.6 is 11.6 Å². The molecule has 0 aliphatic carbocycles. The molecule has 1 aliphatic heterocycles. The zero-order valence-corrected chi connectivity index (χ0v) is 14.5. The lowest BCUT2D eigenvalue weighted by molar-refractivity contribution is -0.117. The van der Waals surface area contributed by atoms with E-state index in [2.05, 4.69) is 10.6 Å². The van der Waals surface area contributed by atoms with Crippen LogP contribution in [0.2, 0.25) is 5.02 Å². The molecule has 3 rings (SSSR count). The minimum atomic E-state index is -0.383. The lowest BCUT2D eigenvalue weighted by atomic mass is 10.2. The monoisotopic (exact) mass is 359 g/mol. The van der Waals surface area contributed by atoms with Gasteiger partial charge in [-0.25, -0.2) is 4.79 Å². The number of carbonyl (C=O) groups excluding carboxylic acids is 2. The van der Waals surface area contributed by atoms with Gasteiger partial charge in [0.25, 0.3) is 0 Å². The first-order valence-electron chi connectivity index (χ1n) is 7.89. The third-order valence-corrected chi connectivity index (χ3v) is 4.15. The molecule has 0 bridgehead atoms. The highest BCUT2D eigenvalue weighted by Gasteiger charge is 2.24. The SMILES string of the molecule is COc1ccc(NC(=O)Nc2ccc(Cl)cc2)cc1N1CCCC1=O. The van der Waals surface area contributed by atoms with Crippen LogP contribution in [0.1, 0.15) is 12.8 Å². The second-order valence-corrected chi connectivity index (χ2v) is 6.06. The maximum absolute atomic E-state index is 12.2. The first-order valence-corrected chi connectivity index (χ1v) is 8.26. The Bertz CT molecular complexity index is 793. The van der Waals surface area contributed by atoms with Crippen LogP contribution in [0.3, 0.4) is 0 Å². The van der Waals surface area contributed by atoms with Gasteiger partial charge in [-0.15, -0.1) is 0 Å².